The van der Waals surface area contributed by atoms with Gasteiger partial charge in [0.2, 0.25) is 5.91 Å². The summed E-state index contributed by atoms with van der Waals surface area (Å²) in [6, 6.07) is -0.436. The Bertz CT molecular complexity index is 287. The van der Waals surface area contributed by atoms with E-state index in [2.05, 4.69) is 5.32 Å². The van der Waals surface area contributed by atoms with Crippen molar-refractivity contribution in [1.29, 1.82) is 0 Å². The molecule has 2 aliphatic heterocycles. The number of rotatable bonds is 3. The van der Waals surface area contributed by atoms with Crippen molar-refractivity contribution in [2.45, 2.75) is 25.0 Å². The number of carbonyl (C=O) groups excluding carboxylic acids is 1. The summed E-state index contributed by atoms with van der Waals surface area (Å²) in [6.45, 7) is 1.02. The van der Waals surface area contributed by atoms with Gasteiger partial charge in [-0.1, -0.05) is 0 Å². The zero-order valence-electron chi connectivity index (χ0n) is 8.85. The molecular formula is C10H15NO5. The fourth-order valence-electron chi connectivity index (χ4n) is 2.00. The Labute approximate surface area is 92.9 Å². The van der Waals surface area contributed by atoms with Gasteiger partial charge >= 0.3 is 5.97 Å². The van der Waals surface area contributed by atoms with Crippen molar-refractivity contribution in [2.75, 3.05) is 19.8 Å². The smallest absolute Gasteiger partial charge is 0.311 e. The van der Waals surface area contributed by atoms with Gasteiger partial charge in [0.25, 0.3) is 0 Å². The monoisotopic (exact) mass is 229 g/mol. The van der Waals surface area contributed by atoms with E-state index in [1.54, 1.807) is 0 Å². The molecule has 3 atom stereocenters. The van der Waals surface area contributed by atoms with E-state index >= 15 is 0 Å². The largest absolute Gasteiger partial charge is 0.481 e. The molecule has 0 spiro atoms. The highest BCUT2D eigenvalue weighted by molar-refractivity contribution is 5.82. The first-order valence-electron chi connectivity index (χ1n) is 5.41. The number of hydrogen-bond donors (Lipinski definition) is 2. The number of carboxylic acid groups (broad SMARTS) is 1. The van der Waals surface area contributed by atoms with Gasteiger partial charge in [-0.15, -0.1) is 0 Å². The van der Waals surface area contributed by atoms with Gasteiger partial charge in [-0.05, 0) is 12.8 Å². The third-order valence-electron chi connectivity index (χ3n) is 2.95. The maximum Gasteiger partial charge on any atom is 0.311 e. The van der Waals surface area contributed by atoms with Crippen LogP contribution in [0.3, 0.4) is 0 Å². The molecular weight excluding hydrogens is 214 g/mol. The van der Waals surface area contributed by atoms with Crippen molar-refractivity contribution < 1.29 is 24.2 Å². The second-order valence-electron chi connectivity index (χ2n) is 4.10. The molecule has 0 radical (unpaired) electrons. The average molecular weight is 229 g/mol. The second-order valence-corrected chi connectivity index (χ2v) is 4.10. The molecule has 3 unspecified atom stereocenters. The summed E-state index contributed by atoms with van der Waals surface area (Å²) < 4.78 is 10.3. The van der Waals surface area contributed by atoms with Crippen molar-refractivity contribution in [3.05, 3.63) is 0 Å². The van der Waals surface area contributed by atoms with Crippen molar-refractivity contribution in [1.82, 2.24) is 5.32 Å². The summed E-state index contributed by atoms with van der Waals surface area (Å²) in [4.78, 5) is 22.5. The number of carbonyl (C=O) groups is 2. The molecule has 2 heterocycles. The normalized spacial score (nSPS) is 33.9. The minimum Gasteiger partial charge on any atom is -0.481 e. The molecule has 2 rings (SSSR count). The molecule has 1 amide bonds. The lowest BCUT2D eigenvalue weighted by atomic mass is 10.0. The van der Waals surface area contributed by atoms with Gasteiger partial charge in [-0.2, -0.15) is 0 Å². The highest BCUT2D eigenvalue weighted by atomic mass is 16.5. The van der Waals surface area contributed by atoms with Crippen LogP contribution >= 0.6 is 0 Å². The van der Waals surface area contributed by atoms with E-state index in [0.717, 1.165) is 6.42 Å². The Kier molecular flexibility index (Phi) is 3.40. The molecule has 90 valence electrons. The lowest BCUT2D eigenvalue weighted by Crippen LogP contribution is -2.46. The van der Waals surface area contributed by atoms with Crippen molar-refractivity contribution in [3.8, 4) is 0 Å². The second kappa shape index (κ2) is 4.80. The number of nitrogens with one attached hydrogen (secondary N) is 1. The molecule has 6 nitrogen and oxygen atoms in total. The Morgan fingerprint density at radius 1 is 1.31 bits per heavy atom. The minimum atomic E-state index is -0.935. The lowest BCUT2D eigenvalue weighted by molar-refractivity contribution is -0.142. The lowest BCUT2D eigenvalue weighted by Gasteiger charge is -2.18. The first-order chi connectivity index (χ1) is 7.68. The van der Waals surface area contributed by atoms with Gasteiger partial charge in [0.05, 0.1) is 19.3 Å². The SMILES string of the molecule is O=C(NC1COCC1C(=O)O)C1CCCO1. The van der Waals surface area contributed by atoms with E-state index in [1.807, 2.05) is 0 Å². The molecule has 0 aromatic heterocycles. The standard InChI is InChI=1S/C10H15NO5/c12-9(8-2-1-3-16-8)11-7-5-15-4-6(7)10(13)14/h6-8H,1-5H2,(H,11,12)(H,13,14). The summed E-state index contributed by atoms with van der Waals surface area (Å²) in [7, 11) is 0. The minimum absolute atomic E-state index is 0.159. The maximum atomic E-state index is 11.7. The summed E-state index contributed by atoms with van der Waals surface area (Å²) in [5.41, 5.74) is 0. The van der Waals surface area contributed by atoms with Crippen LogP contribution in [0, 0.1) is 5.92 Å². The molecule has 0 saturated carbocycles. The van der Waals surface area contributed by atoms with Crippen LogP contribution in [0.15, 0.2) is 0 Å². The Hall–Kier alpha value is -1.14. The summed E-state index contributed by atoms with van der Waals surface area (Å²) >= 11 is 0. The first-order valence-corrected chi connectivity index (χ1v) is 5.41. The van der Waals surface area contributed by atoms with Gasteiger partial charge in [0.15, 0.2) is 0 Å². The maximum absolute atomic E-state index is 11.7. The van der Waals surface area contributed by atoms with Crippen molar-refractivity contribution in [2.24, 2.45) is 5.92 Å². The first kappa shape index (κ1) is 11.3. The summed E-state index contributed by atoms with van der Waals surface area (Å²) in [5.74, 6) is -1.81. The molecule has 2 aliphatic rings. The van der Waals surface area contributed by atoms with Crippen LogP contribution in [-0.4, -0.2) is 48.9 Å². The molecule has 0 bridgehead atoms. The van der Waals surface area contributed by atoms with Crippen LogP contribution in [0.5, 0.6) is 0 Å². The van der Waals surface area contributed by atoms with Crippen LogP contribution in [0.2, 0.25) is 0 Å². The van der Waals surface area contributed by atoms with Crippen LogP contribution in [0.1, 0.15) is 12.8 Å². The van der Waals surface area contributed by atoms with Gasteiger partial charge in [-0.3, -0.25) is 9.59 Å². The average Bonchev–Trinajstić information content (AvgIpc) is 2.86. The molecule has 0 aromatic rings. The van der Waals surface area contributed by atoms with E-state index in [1.165, 1.54) is 0 Å². The van der Waals surface area contributed by atoms with Gasteiger partial charge in [-0.25, -0.2) is 0 Å². The van der Waals surface area contributed by atoms with Crippen LogP contribution in [0.25, 0.3) is 0 Å². The molecule has 2 N–H and O–H groups in total. The molecule has 16 heavy (non-hydrogen) atoms. The zero-order valence-corrected chi connectivity index (χ0v) is 8.85. The van der Waals surface area contributed by atoms with E-state index < -0.39 is 24.0 Å². The molecule has 0 aromatic carbocycles. The fourth-order valence-corrected chi connectivity index (χ4v) is 2.00. The van der Waals surface area contributed by atoms with E-state index in [4.69, 9.17) is 14.6 Å². The Balaban J connectivity index is 1.88. The number of amides is 1. The third-order valence-corrected chi connectivity index (χ3v) is 2.95. The molecule has 0 aliphatic carbocycles. The van der Waals surface area contributed by atoms with Crippen LogP contribution < -0.4 is 5.32 Å². The van der Waals surface area contributed by atoms with Gasteiger partial charge in [0.1, 0.15) is 12.0 Å². The summed E-state index contributed by atoms with van der Waals surface area (Å²) in [5, 5.41) is 11.6. The van der Waals surface area contributed by atoms with E-state index in [9.17, 15) is 9.59 Å². The molecule has 2 saturated heterocycles. The van der Waals surface area contributed by atoms with Crippen LogP contribution in [-0.2, 0) is 19.1 Å². The fraction of sp³-hybridized carbons (Fsp3) is 0.800. The van der Waals surface area contributed by atoms with Crippen molar-refractivity contribution in [3.63, 3.8) is 0 Å². The predicted molar refractivity (Wildman–Crippen MR) is 52.8 cm³/mol. The number of hydrogen-bond acceptors (Lipinski definition) is 4. The molecule has 6 heteroatoms. The van der Waals surface area contributed by atoms with Crippen LogP contribution in [0.4, 0.5) is 0 Å². The van der Waals surface area contributed by atoms with Gasteiger partial charge in [0, 0.05) is 6.61 Å². The number of ether oxygens (including phenoxy) is 2. The molecule has 2 fully saturated rings. The van der Waals surface area contributed by atoms with Crippen molar-refractivity contribution >= 4 is 11.9 Å². The Morgan fingerprint density at radius 3 is 2.75 bits per heavy atom. The highest BCUT2D eigenvalue weighted by Crippen LogP contribution is 2.16. The Morgan fingerprint density at radius 2 is 2.12 bits per heavy atom. The zero-order chi connectivity index (χ0) is 11.5. The van der Waals surface area contributed by atoms with Gasteiger partial charge < -0.3 is 19.9 Å². The van der Waals surface area contributed by atoms with E-state index in [0.29, 0.717) is 13.0 Å². The predicted octanol–water partition coefficient (Wildman–Crippen LogP) is -0.619. The van der Waals surface area contributed by atoms with E-state index in [-0.39, 0.29) is 19.1 Å². The quantitative estimate of drug-likeness (QED) is 0.673. The highest BCUT2D eigenvalue weighted by Gasteiger charge is 2.36. The number of carboxylic acids is 1. The third kappa shape index (κ3) is 2.33. The topological polar surface area (TPSA) is 84.9 Å². The summed E-state index contributed by atoms with van der Waals surface area (Å²) in [6.07, 6.45) is 1.16. The number of aliphatic carboxylic acids is 1.